The SMILES string of the molecule is COc1ccc(C(OC[C@@]23CCO[C@@H]([C@H](n4ccc(=O)[nH]c4=O)O2)[C@@H]3OP(OCCC#N)N(C(C)C)C(C)C)(c2ccccc2)c2ccc(OC)cc2)cc1. The first kappa shape index (κ1) is 40.3. The van der Waals surface area contributed by atoms with Crippen LogP contribution in [0.1, 0.15) is 63.5 Å². The molecule has 55 heavy (non-hydrogen) atoms. The molecule has 1 N–H and O–H groups in total. The number of nitrogens with zero attached hydrogens (tertiary/aromatic N) is 3. The molecule has 6 rings (SSSR count). The standard InChI is InChI=1S/C41H49N4O9P/c1-28(2)45(29(3)4)55(52-25-10-23-42)54-37-36-38(44-24-21-35(46)43-39(44)47)53-40(37,22-26-50-36)27-51-41(30-11-8-7-9-12-30,31-13-17-33(48-5)18-14-31)32-15-19-34(49-6)20-16-32/h7-9,11-21,24,28-29,36-38H,10,22,25-27H2,1-6H3,(H,43,46,47)/t36-,37+,38-,40-,55?/m1/s1. The molecule has 4 aromatic rings. The fourth-order valence-electron chi connectivity index (χ4n) is 7.45. The molecule has 5 atom stereocenters. The zero-order chi connectivity index (χ0) is 39.2. The van der Waals surface area contributed by atoms with Gasteiger partial charge in [-0.2, -0.15) is 5.26 Å². The van der Waals surface area contributed by atoms with Crippen molar-refractivity contribution in [2.24, 2.45) is 0 Å². The molecule has 14 heteroatoms. The molecule has 3 aromatic carbocycles. The van der Waals surface area contributed by atoms with Crippen molar-refractivity contribution in [2.75, 3.05) is 34.0 Å². The molecule has 1 aromatic heterocycles. The van der Waals surface area contributed by atoms with Crippen LogP contribution in [0, 0.1) is 11.3 Å². The van der Waals surface area contributed by atoms with Crippen molar-refractivity contribution in [1.29, 1.82) is 5.26 Å². The van der Waals surface area contributed by atoms with Gasteiger partial charge in [-0.15, -0.1) is 0 Å². The second-order valence-electron chi connectivity index (χ2n) is 14.0. The number of rotatable bonds is 17. The van der Waals surface area contributed by atoms with Gasteiger partial charge >= 0.3 is 5.69 Å². The number of hydrogen-bond acceptors (Lipinski definition) is 11. The Balaban J connectivity index is 1.50. The third-order valence-electron chi connectivity index (χ3n) is 9.99. The fraction of sp³-hybridized carbons (Fsp3) is 0.439. The number of nitriles is 1. The zero-order valence-electron chi connectivity index (χ0n) is 32.0. The first-order chi connectivity index (χ1) is 26.6. The molecule has 3 heterocycles. The molecule has 2 bridgehead atoms. The summed E-state index contributed by atoms with van der Waals surface area (Å²) in [7, 11) is 1.48. The van der Waals surface area contributed by atoms with Crippen molar-refractivity contribution >= 4 is 8.53 Å². The van der Waals surface area contributed by atoms with Crippen LogP contribution in [0.4, 0.5) is 0 Å². The van der Waals surface area contributed by atoms with E-state index < -0.39 is 49.4 Å². The van der Waals surface area contributed by atoms with Crippen LogP contribution in [0.3, 0.4) is 0 Å². The summed E-state index contributed by atoms with van der Waals surface area (Å²) in [5.74, 6) is 1.38. The van der Waals surface area contributed by atoms with Gasteiger partial charge in [0.15, 0.2) is 6.23 Å². The molecule has 0 saturated carbocycles. The summed E-state index contributed by atoms with van der Waals surface area (Å²) in [5.41, 5.74) is -0.999. The molecular formula is C41H49N4O9P. The molecule has 1 unspecified atom stereocenters. The van der Waals surface area contributed by atoms with Gasteiger partial charge in [-0.1, -0.05) is 54.6 Å². The summed E-state index contributed by atoms with van der Waals surface area (Å²) in [6, 6.07) is 29.0. The number of nitrogens with one attached hydrogen (secondary N) is 1. The Hall–Kier alpha value is -4.38. The van der Waals surface area contributed by atoms with Crippen LogP contribution in [0.25, 0.3) is 0 Å². The average Bonchev–Trinajstić information content (AvgIpc) is 3.33. The normalized spacial score (nSPS) is 21.5. The first-order valence-electron chi connectivity index (χ1n) is 18.4. The van der Waals surface area contributed by atoms with Gasteiger partial charge in [0.1, 0.15) is 34.9 Å². The first-order valence-corrected chi connectivity index (χ1v) is 19.5. The summed E-state index contributed by atoms with van der Waals surface area (Å²) in [4.78, 5) is 27.8. The number of benzene rings is 3. The van der Waals surface area contributed by atoms with E-state index in [4.69, 9.17) is 32.7 Å². The number of ether oxygens (including phenoxy) is 5. The maximum absolute atomic E-state index is 13.3. The molecular weight excluding hydrogens is 723 g/mol. The molecule has 0 amide bonds. The molecule has 2 saturated heterocycles. The minimum Gasteiger partial charge on any atom is -0.497 e. The average molecular weight is 773 g/mol. The molecule has 2 fully saturated rings. The van der Waals surface area contributed by atoms with Crippen LogP contribution in [0.2, 0.25) is 0 Å². The minimum atomic E-state index is -1.77. The maximum Gasteiger partial charge on any atom is 0.330 e. The Kier molecular flexibility index (Phi) is 12.9. The van der Waals surface area contributed by atoms with E-state index in [9.17, 15) is 14.9 Å². The number of hydrogen-bond donors (Lipinski definition) is 1. The molecule has 2 aliphatic rings. The smallest absolute Gasteiger partial charge is 0.330 e. The molecule has 0 spiro atoms. The summed E-state index contributed by atoms with van der Waals surface area (Å²) in [6.45, 7) is 8.70. The van der Waals surface area contributed by atoms with Crippen LogP contribution in [-0.2, 0) is 28.9 Å². The van der Waals surface area contributed by atoms with E-state index in [1.807, 2.05) is 78.9 Å². The quantitative estimate of drug-likeness (QED) is 0.0735. The third kappa shape index (κ3) is 8.27. The predicted octanol–water partition coefficient (Wildman–Crippen LogP) is 6.28. The lowest BCUT2D eigenvalue weighted by Gasteiger charge is -2.45. The highest BCUT2D eigenvalue weighted by atomic mass is 31.2. The highest BCUT2D eigenvalue weighted by molar-refractivity contribution is 7.44. The molecule has 0 radical (unpaired) electrons. The van der Waals surface area contributed by atoms with Gasteiger partial charge in [-0.25, -0.2) is 9.46 Å². The Labute approximate surface area is 322 Å². The van der Waals surface area contributed by atoms with Crippen molar-refractivity contribution in [3.63, 3.8) is 0 Å². The second-order valence-corrected chi connectivity index (χ2v) is 15.4. The van der Waals surface area contributed by atoms with Gasteiger partial charge in [0.25, 0.3) is 14.1 Å². The summed E-state index contributed by atoms with van der Waals surface area (Å²) in [6.07, 6.45) is -0.635. The fourth-order valence-corrected chi connectivity index (χ4v) is 9.26. The van der Waals surface area contributed by atoms with Crippen molar-refractivity contribution in [2.45, 2.75) is 82.3 Å². The Morgan fingerprint density at radius 2 is 1.53 bits per heavy atom. The van der Waals surface area contributed by atoms with E-state index in [-0.39, 0.29) is 38.3 Å². The Morgan fingerprint density at radius 1 is 0.927 bits per heavy atom. The number of aromatic amines is 1. The van der Waals surface area contributed by atoms with E-state index in [0.717, 1.165) is 16.7 Å². The topological polar surface area (TPSA) is 147 Å². The maximum atomic E-state index is 13.3. The third-order valence-corrected chi connectivity index (χ3v) is 12.1. The number of aromatic nitrogens is 2. The number of methoxy groups -OCH3 is 2. The van der Waals surface area contributed by atoms with Gasteiger partial charge in [-0.3, -0.25) is 14.3 Å². The lowest BCUT2D eigenvalue weighted by Crippen LogP contribution is -2.54. The minimum absolute atomic E-state index is 0.0101. The van der Waals surface area contributed by atoms with Crippen LogP contribution in [0.15, 0.2) is 101 Å². The summed E-state index contributed by atoms with van der Waals surface area (Å²) >= 11 is 0. The van der Waals surface area contributed by atoms with Gasteiger partial charge in [0.2, 0.25) is 0 Å². The lowest BCUT2D eigenvalue weighted by molar-refractivity contribution is -0.168. The van der Waals surface area contributed by atoms with Crippen molar-refractivity contribution in [1.82, 2.24) is 14.2 Å². The van der Waals surface area contributed by atoms with Crippen LogP contribution in [-0.4, -0.2) is 78.2 Å². The van der Waals surface area contributed by atoms with E-state index in [0.29, 0.717) is 17.9 Å². The number of fused-ring (bicyclic) bond motifs is 2. The van der Waals surface area contributed by atoms with Crippen LogP contribution >= 0.6 is 8.53 Å². The van der Waals surface area contributed by atoms with Gasteiger partial charge in [0.05, 0.1) is 46.5 Å². The van der Waals surface area contributed by atoms with E-state index in [2.05, 4.69) is 43.4 Å². The van der Waals surface area contributed by atoms with E-state index in [1.165, 1.54) is 16.8 Å². The molecule has 0 aliphatic carbocycles. The van der Waals surface area contributed by atoms with Crippen molar-refractivity contribution in [3.05, 3.63) is 129 Å². The van der Waals surface area contributed by atoms with Gasteiger partial charge in [-0.05, 0) is 68.7 Å². The zero-order valence-corrected chi connectivity index (χ0v) is 32.9. The van der Waals surface area contributed by atoms with E-state index >= 15 is 0 Å². The van der Waals surface area contributed by atoms with Crippen molar-refractivity contribution < 1.29 is 32.7 Å². The Morgan fingerprint density at radius 3 is 2.07 bits per heavy atom. The van der Waals surface area contributed by atoms with Crippen LogP contribution < -0.4 is 20.7 Å². The molecule has 13 nitrogen and oxygen atoms in total. The van der Waals surface area contributed by atoms with Gasteiger partial charge in [0, 0.05) is 30.8 Å². The highest BCUT2D eigenvalue weighted by Crippen LogP contribution is 2.55. The van der Waals surface area contributed by atoms with Crippen molar-refractivity contribution in [3.8, 4) is 17.6 Å². The van der Waals surface area contributed by atoms with E-state index in [1.54, 1.807) is 14.2 Å². The summed E-state index contributed by atoms with van der Waals surface area (Å²) in [5, 5.41) is 9.38. The number of H-pyrrole nitrogens is 1. The molecule has 292 valence electrons. The Bertz CT molecular complexity index is 1960. The second kappa shape index (κ2) is 17.6. The highest BCUT2D eigenvalue weighted by Gasteiger charge is 2.62. The van der Waals surface area contributed by atoms with Gasteiger partial charge < -0.3 is 32.7 Å². The molecule has 2 aliphatic heterocycles. The van der Waals surface area contributed by atoms with Crippen LogP contribution in [0.5, 0.6) is 11.5 Å². The monoisotopic (exact) mass is 772 g/mol. The summed E-state index contributed by atoms with van der Waals surface area (Å²) < 4.78 is 48.8. The largest absolute Gasteiger partial charge is 0.497 e. The predicted molar refractivity (Wildman–Crippen MR) is 207 cm³/mol. The lowest BCUT2D eigenvalue weighted by atomic mass is 9.79.